The van der Waals surface area contributed by atoms with Gasteiger partial charge >= 0.3 is 0 Å². The summed E-state index contributed by atoms with van der Waals surface area (Å²) in [6.45, 7) is 12.2. The van der Waals surface area contributed by atoms with Gasteiger partial charge in [-0.1, -0.05) is 13.8 Å². The van der Waals surface area contributed by atoms with Crippen molar-refractivity contribution in [2.45, 2.75) is 78.3 Å². The SMILES string of the molecule is CC(=O)N1CCc2c(c(N3CCCc4nc(C(C)C)c(C)cc43)nn2C2CCOCC2)C1. The Labute approximate surface area is 190 Å². The lowest BCUT2D eigenvalue weighted by Crippen LogP contribution is -2.36. The number of fused-ring (bicyclic) bond motifs is 2. The van der Waals surface area contributed by atoms with E-state index in [1.165, 1.54) is 33.9 Å². The fourth-order valence-corrected chi connectivity index (χ4v) is 5.55. The Morgan fingerprint density at radius 2 is 1.97 bits per heavy atom. The predicted octanol–water partition coefficient (Wildman–Crippen LogP) is 4.05. The average Bonchev–Trinajstić information content (AvgIpc) is 3.17. The van der Waals surface area contributed by atoms with Gasteiger partial charge in [0.15, 0.2) is 5.82 Å². The zero-order valence-electron chi connectivity index (χ0n) is 19.9. The summed E-state index contributed by atoms with van der Waals surface area (Å²) < 4.78 is 7.89. The number of hydrogen-bond acceptors (Lipinski definition) is 5. The molecular formula is C25H35N5O2. The molecule has 3 aliphatic rings. The van der Waals surface area contributed by atoms with Gasteiger partial charge < -0.3 is 14.5 Å². The molecule has 0 unspecified atom stereocenters. The number of hydrogen-bond donors (Lipinski definition) is 0. The van der Waals surface area contributed by atoms with Crippen LogP contribution in [0.1, 0.15) is 80.2 Å². The Balaban J connectivity index is 1.60. The molecule has 2 aromatic rings. The van der Waals surface area contributed by atoms with Crippen LogP contribution < -0.4 is 4.90 Å². The van der Waals surface area contributed by atoms with Gasteiger partial charge in [0, 0.05) is 56.6 Å². The largest absolute Gasteiger partial charge is 0.381 e. The Bertz CT molecular complexity index is 1020. The van der Waals surface area contributed by atoms with Crippen molar-refractivity contribution in [1.29, 1.82) is 0 Å². The molecule has 0 radical (unpaired) electrons. The van der Waals surface area contributed by atoms with Crippen molar-refractivity contribution in [2.75, 3.05) is 31.2 Å². The van der Waals surface area contributed by atoms with Crippen molar-refractivity contribution in [3.8, 4) is 0 Å². The van der Waals surface area contributed by atoms with Gasteiger partial charge in [0.1, 0.15) is 0 Å². The maximum Gasteiger partial charge on any atom is 0.219 e. The van der Waals surface area contributed by atoms with Crippen molar-refractivity contribution >= 4 is 17.4 Å². The molecule has 1 saturated heterocycles. The zero-order valence-corrected chi connectivity index (χ0v) is 19.9. The van der Waals surface area contributed by atoms with Crippen LogP contribution in [0.4, 0.5) is 11.5 Å². The van der Waals surface area contributed by atoms with E-state index in [0.717, 1.165) is 64.2 Å². The highest BCUT2D eigenvalue weighted by atomic mass is 16.5. The standard InChI is InChI=1S/C25H35N5O2/c1-16(2)24-17(3)14-23-21(26-24)6-5-10-29(23)25-20-15-28(18(4)31)11-7-22(20)30(27-25)19-8-12-32-13-9-19/h14,16,19H,5-13,15H2,1-4H3. The van der Waals surface area contributed by atoms with Gasteiger partial charge in [0.2, 0.25) is 5.91 Å². The van der Waals surface area contributed by atoms with Crippen LogP contribution in [0.5, 0.6) is 0 Å². The quantitative estimate of drug-likeness (QED) is 0.725. The van der Waals surface area contributed by atoms with Gasteiger partial charge in [-0.05, 0) is 50.2 Å². The summed E-state index contributed by atoms with van der Waals surface area (Å²) in [7, 11) is 0. The van der Waals surface area contributed by atoms with Gasteiger partial charge in [-0.25, -0.2) is 0 Å². The lowest BCUT2D eigenvalue weighted by Gasteiger charge is -2.33. The number of nitrogens with zero attached hydrogens (tertiary/aromatic N) is 5. The minimum absolute atomic E-state index is 0.138. The van der Waals surface area contributed by atoms with E-state index in [4.69, 9.17) is 14.8 Å². The molecule has 32 heavy (non-hydrogen) atoms. The molecular weight excluding hydrogens is 402 g/mol. The number of ether oxygens (including phenoxy) is 1. The van der Waals surface area contributed by atoms with E-state index in [0.29, 0.717) is 18.5 Å². The molecule has 5 heterocycles. The van der Waals surface area contributed by atoms with Crippen molar-refractivity contribution < 1.29 is 9.53 Å². The van der Waals surface area contributed by atoms with Crippen molar-refractivity contribution in [1.82, 2.24) is 19.7 Å². The van der Waals surface area contributed by atoms with Crippen LogP contribution >= 0.6 is 0 Å². The van der Waals surface area contributed by atoms with Gasteiger partial charge in [-0.15, -0.1) is 0 Å². The average molecular weight is 438 g/mol. The molecule has 2 aromatic heterocycles. The van der Waals surface area contributed by atoms with E-state index in [2.05, 4.69) is 36.4 Å². The summed E-state index contributed by atoms with van der Waals surface area (Å²) in [5, 5.41) is 5.24. The van der Waals surface area contributed by atoms with E-state index in [-0.39, 0.29) is 5.91 Å². The zero-order chi connectivity index (χ0) is 22.4. The fourth-order valence-electron chi connectivity index (χ4n) is 5.55. The highest BCUT2D eigenvalue weighted by Crippen LogP contribution is 2.40. The second kappa shape index (κ2) is 8.50. The summed E-state index contributed by atoms with van der Waals surface area (Å²) in [4.78, 5) is 21.6. The van der Waals surface area contributed by atoms with Crippen molar-refractivity contribution in [3.05, 3.63) is 34.3 Å². The first-order valence-corrected chi connectivity index (χ1v) is 12.2. The number of anilines is 2. The maximum atomic E-state index is 12.2. The monoisotopic (exact) mass is 437 g/mol. The lowest BCUT2D eigenvalue weighted by atomic mass is 9.99. The maximum absolute atomic E-state index is 12.2. The third-order valence-electron chi connectivity index (χ3n) is 7.24. The van der Waals surface area contributed by atoms with E-state index < -0.39 is 0 Å². The first-order chi connectivity index (χ1) is 15.4. The fraction of sp³-hybridized carbons (Fsp3) is 0.640. The van der Waals surface area contributed by atoms with Crippen LogP contribution in [-0.4, -0.2) is 51.9 Å². The number of pyridine rings is 1. The highest BCUT2D eigenvalue weighted by molar-refractivity contribution is 5.75. The second-order valence-corrected chi connectivity index (χ2v) is 9.79. The number of amides is 1. The predicted molar refractivity (Wildman–Crippen MR) is 125 cm³/mol. The number of aromatic nitrogens is 3. The number of carbonyl (C=O) groups is 1. The highest BCUT2D eigenvalue weighted by Gasteiger charge is 2.33. The second-order valence-electron chi connectivity index (χ2n) is 9.79. The third kappa shape index (κ3) is 3.70. The molecule has 5 rings (SSSR count). The summed E-state index contributed by atoms with van der Waals surface area (Å²) in [5.74, 6) is 1.58. The van der Waals surface area contributed by atoms with E-state index >= 15 is 0 Å². The topological polar surface area (TPSA) is 63.5 Å². The first kappa shape index (κ1) is 21.4. The minimum Gasteiger partial charge on any atom is -0.381 e. The molecule has 1 fully saturated rings. The van der Waals surface area contributed by atoms with Crippen LogP contribution in [0.15, 0.2) is 6.07 Å². The van der Waals surface area contributed by atoms with Crippen molar-refractivity contribution in [2.24, 2.45) is 0 Å². The lowest BCUT2D eigenvalue weighted by molar-refractivity contribution is -0.129. The first-order valence-electron chi connectivity index (χ1n) is 12.2. The van der Waals surface area contributed by atoms with E-state index in [1.54, 1.807) is 6.92 Å². The Morgan fingerprint density at radius 1 is 1.19 bits per heavy atom. The van der Waals surface area contributed by atoms with Gasteiger partial charge in [-0.2, -0.15) is 5.10 Å². The van der Waals surface area contributed by atoms with E-state index in [9.17, 15) is 4.79 Å². The number of aryl methyl sites for hydroxylation is 2. The normalized spacial score (nSPS) is 19.3. The molecule has 0 atom stereocenters. The molecule has 3 aliphatic heterocycles. The molecule has 0 spiro atoms. The Kier molecular flexibility index (Phi) is 5.70. The Morgan fingerprint density at radius 3 is 2.69 bits per heavy atom. The molecule has 0 N–H and O–H groups in total. The third-order valence-corrected chi connectivity index (χ3v) is 7.24. The number of rotatable bonds is 3. The van der Waals surface area contributed by atoms with Crippen LogP contribution in [0.2, 0.25) is 0 Å². The molecule has 0 saturated carbocycles. The van der Waals surface area contributed by atoms with E-state index in [1.807, 2.05) is 4.90 Å². The summed E-state index contributed by atoms with van der Waals surface area (Å²) in [6, 6.07) is 2.69. The summed E-state index contributed by atoms with van der Waals surface area (Å²) >= 11 is 0. The number of carbonyl (C=O) groups excluding carboxylic acids is 1. The summed E-state index contributed by atoms with van der Waals surface area (Å²) in [5.41, 5.74) is 7.34. The van der Waals surface area contributed by atoms with Gasteiger partial charge in [-0.3, -0.25) is 14.5 Å². The molecule has 7 heteroatoms. The smallest absolute Gasteiger partial charge is 0.219 e. The van der Waals surface area contributed by atoms with Gasteiger partial charge in [0.25, 0.3) is 0 Å². The molecule has 1 amide bonds. The molecule has 7 nitrogen and oxygen atoms in total. The minimum atomic E-state index is 0.138. The van der Waals surface area contributed by atoms with Crippen LogP contribution in [0.25, 0.3) is 0 Å². The Hall–Kier alpha value is -2.41. The molecule has 0 aliphatic carbocycles. The molecule has 0 bridgehead atoms. The molecule has 0 aromatic carbocycles. The molecule has 172 valence electrons. The summed E-state index contributed by atoms with van der Waals surface area (Å²) in [6.07, 6.45) is 4.94. The van der Waals surface area contributed by atoms with Crippen LogP contribution in [-0.2, 0) is 28.9 Å². The van der Waals surface area contributed by atoms with Crippen LogP contribution in [0, 0.1) is 6.92 Å². The van der Waals surface area contributed by atoms with Gasteiger partial charge in [0.05, 0.1) is 24.0 Å². The van der Waals surface area contributed by atoms with Crippen LogP contribution in [0.3, 0.4) is 0 Å². The van der Waals surface area contributed by atoms with Crippen molar-refractivity contribution in [3.63, 3.8) is 0 Å².